The maximum absolute atomic E-state index is 13.1. The molecule has 10 heteroatoms. The van der Waals surface area contributed by atoms with Gasteiger partial charge in [0.05, 0.1) is 21.3 Å². The Morgan fingerprint density at radius 3 is 2.18 bits per heavy atom. The average molecular weight is 468 g/mol. The Labute approximate surface area is 198 Å². The summed E-state index contributed by atoms with van der Waals surface area (Å²) in [5, 5.41) is 4.03. The van der Waals surface area contributed by atoms with Crippen LogP contribution in [0.5, 0.6) is 17.2 Å². The first kappa shape index (κ1) is 23.3. The van der Waals surface area contributed by atoms with Gasteiger partial charge in [0.2, 0.25) is 17.5 Å². The quantitative estimate of drug-likeness (QED) is 0.518. The fourth-order valence-electron chi connectivity index (χ4n) is 3.82. The highest BCUT2D eigenvalue weighted by Gasteiger charge is 2.25. The van der Waals surface area contributed by atoms with Crippen molar-refractivity contribution >= 4 is 11.7 Å². The molecule has 0 N–H and O–H groups in total. The van der Waals surface area contributed by atoms with Gasteiger partial charge in [0.15, 0.2) is 11.5 Å². The summed E-state index contributed by atoms with van der Waals surface area (Å²) in [6.07, 6.45) is 1.75. The fourth-order valence-corrected chi connectivity index (χ4v) is 3.82. The molecule has 0 spiro atoms. The maximum Gasteiger partial charge on any atom is 0.254 e. The number of aromatic nitrogens is 3. The Hall–Kier alpha value is -3.82. The Morgan fingerprint density at radius 2 is 1.68 bits per heavy atom. The molecule has 1 saturated heterocycles. The summed E-state index contributed by atoms with van der Waals surface area (Å²) in [7, 11) is 4.60. The molecule has 1 aliphatic heterocycles. The molecule has 0 saturated carbocycles. The van der Waals surface area contributed by atoms with Crippen LogP contribution in [-0.2, 0) is 0 Å². The normalized spacial score (nSPS) is 13.8. The molecule has 10 nitrogen and oxygen atoms in total. The van der Waals surface area contributed by atoms with Crippen LogP contribution in [0.4, 0.5) is 5.82 Å². The number of carbonyl (C=O) groups excluding carboxylic acids is 1. The number of amides is 1. The molecular weight excluding hydrogens is 438 g/mol. The second-order valence-electron chi connectivity index (χ2n) is 8.21. The number of hydrogen-bond acceptors (Lipinski definition) is 9. The van der Waals surface area contributed by atoms with Crippen molar-refractivity contribution in [3.63, 3.8) is 0 Å². The van der Waals surface area contributed by atoms with Gasteiger partial charge in [-0.05, 0) is 24.3 Å². The van der Waals surface area contributed by atoms with Gasteiger partial charge in [0.1, 0.15) is 5.82 Å². The van der Waals surface area contributed by atoms with Gasteiger partial charge in [0.25, 0.3) is 5.91 Å². The molecular formula is C24H29N5O5. The zero-order valence-electron chi connectivity index (χ0n) is 20.1. The molecule has 3 heterocycles. The molecule has 0 unspecified atom stereocenters. The Morgan fingerprint density at radius 1 is 1.00 bits per heavy atom. The minimum atomic E-state index is -0.0831. The van der Waals surface area contributed by atoms with E-state index < -0.39 is 0 Å². The second kappa shape index (κ2) is 9.98. The van der Waals surface area contributed by atoms with Crippen LogP contribution in [0.1, 0.15) is 36.0 Å². The van der Waals surface area contributed by atoms with Crippen LogP contribution in [0, 0.1) is 0 Å². The van der Waals surface area contributed by atoms with Crippen LogP contribution in [0.2, 0.25) is 0 Å². The number of piperazine rings is 1. The third-order valence-electron chi connectivity index (χ3n) is 5.74. The smallest absolute Gasteiger partial charge is 0.254 e. The molecule has 0 atom stereocenters. The van der Waals surface area contributed by atoms with Crippen molar-refractivity contribution in [3.8, 4) is 28.6 Å². The number of rotatable bonds is 7. The summed E-state index contributed by atoms with van der Waals surface area (Å²) in [4.78, 5) is 26.1. The van der Waals surface area contributed by atoms with E-state index in [0.717, 1.165) is 11.4 Å². The third kappa shape index (κ3) is 4.61. The fraction of sp³-hybridized carbons (Fsp3) is 0.417. The number of benzene rings is 1. The van der Waals surface area contributed by atoms with E-state index in [1.54, 1.807) is 18.3 Å². The van der Waals surface area contributed by atoms with Crippen molar-refractivity contribution in [1.82, 2.24) is 20.0 Å². The standard InChI is InChI=1S/C24H29N5O5/c1-15(2)23-26-22(27-34-23)16-6-7-20(25-14-16)28-8-10-29(11-9-28)24(30)17-12-18(31-3)21(33-5)19(13-17)32-4/h6-7,12-15H,8-11H2,1-5H3. The summed E-state index contributed by atoms with van der Waals surface area (Å²) in [6.45, 7) is 6.49. The third-order valence-corrected chi connectivity index (χ3v) is 5.74. The monoisotopic (exact) mass is 467 g/mol. The number of pyridine rings is 1. The summed E-state index contributed by atoms with van der Waals surface area (Å²) < 4.78 is 21.4. The lowest BCUT2D eigenvalue weighted by molar-refractivity contribution is 0.0745. The Bertz CT molecular complexity index is 1110. The molecule has 180 valence electrons. The van der Waals surface area contributed by atoms with Crippen LogP contribution in [-0.4, -0.2) is 73.4 Å². The van der Waals surface area contributed by atoms with Crippen LogP contribution < -0.4 is 19.1 Å². The summed E-state index contributed by atoms with van der Waals surface area (Å²) in [5.74, 6) is 3.44. The lowest BCUT2D eigenvalue weighted by Gasteiger charge is -2.35. The molecule has 2 aromatic heterocycles. The first-order chi connectivity index (χ1) is 16.4. The Kier molecular flexibility index (Phi) is 6.85. The molecule has 3 aromatic rings. The van der Waals surface area contributed by atoms with Gasteiger partial charge in [-0.15, -0.1) is 0 Å². The van der Waals surface area contributed by atoms with E-state index in [1.807, 2.05) is 30.9 Å². The van der Waals surface area contributed by atoms with Gasteiger partial charge in [0, 0.05) is 49.4 Å². The molecule has 1 fully saturated rings. The van der Waals surface area contributed by atoms with Crippen LogP contribution >= 0.6 is 0 Å². The van der Waals surface area contributed by atoms with Gasteiger partial charge in [-0.25, -0.2) is 4.98 Å². The van der Waals surface area contributed by atoms with Crippen molar-refractivity contribution in [2.75, 3.05) is 52.4 Å². The zero-order valence-corrected chi connectivity index (χ0v) is 20.1. The Balaban J connectivity index is 1.41. The number of carbonyl (C=O) groups is 1. The van der Waals surface area contributed by atoms with Crippen molar-refractivity contribution in [2.24, 2.45) is 0 Å². The molecule has 4 rings (SSSR count). The number of anilines is 1. The van der Waals surface area contributed by atoms with Crippen molar-refractivity contribution in [1.29, 1.82) is 0 Å². The first-order valence-electron chi connectivity index (χ1n) is 11.1. The van der Waals surface area contributed by atoms with Crippen molar-refractivity contribution in [2.45, 2.75) is 19.8 Å². The molecule has 1 aromatic carbocycles. The van der Waals surface area contributed by atoms with Crippen molar-refractivity contribution < 1.29 is 23.5 Å². The van der Waals surface area contributed by atoms with Gasteiger partial charge < -0.3 is 28.5 Å². The van der Waals surface area contributed by atoms with Gasteiger partial charge in [-0.3, -0.25) is 4.79 Å². The lowest BCUT2D eigenvalue weighted by atomic mass is 10.1. The largest absolute Gasteiger partial charge is 0.493 e. The predicted octanol–water partition coefficient (Wildman–Crippen LogP) is 3.24. The van der Waals surface area contributed by atoms with Crippen LogP contribution in [0.15, 0.2) is 35.0 Å². The summed E-state index contributed by atoms with van der Waals surface area (Å²) >= 11 is 0. The average Bonchev–Trinajstić information content (AvgIpc) is 3.38. The zero-order chi connectivity index (χ0) is 24.2. The number of nitrogens with zero attached hydrogens (tertiary/aromatic N) is 5. The highest BCUT2D eigenvalue weighted by atomic mass is 16.5. The molecule has 1 amide bonds. The minimum absolute atomic E-state index is 0.0831. The van der Waals surface area contributed by atoms with Gasteiger partial charge in [-0.2, -0.15) is 4.98 Å². The number of ether oxygens (including phenoxy) is 3. The lowest BCUT2D eigenvalue weighted by Crippen LogP contribution is -2.49. The molecule has 34 heavy (non-hydrogen) atoms. The summed E-state index contributed by atoms with van der Waals surface area (Å²) in [5.41, 5.74) is 1.29. The highest BCUT2D eigenvalue weighted by Crippen LogP contribution is 2.38. The van der Waals surface area contributed by atoms with E-state index in [1.165, 1.54) is 21.3 Å². The van der Waals surface area contributed by atoms with E-state index in [4.69, 9.17) is 18.7 Å². The predicted molar refractivity (Wildman–Crippen MR) is 126 cm³/mol. The van der Waals surface area contributed by atoms with Crippen LogP contribution in [0.3, 0.4) is 0 Å². The van der Waals surface area contributed by atoms with E-state index in [9.17, 15) is 4.79 Å². The topological polar surface area (TPSA) is 103 Å². The van der Waals surface area contributed by atoms with E-state index in [0.29, 0.717) is 60.7 Å². The van der Waals surface area contributed by atoms with Gasteiger partial charge >= 0.3 is 0 Å². The second-order valence-corrected chi connectivity index (χ2v) is 8.21. The molecule has 0 aliphatic carbocycles. The van der Waals surface area contributed by atoms with E-state index >= 15 is 0 Å². The molecule has 0 radical (unpaired) electrons. The number of hydrogen-bond donors (Lipinski definition) is 0. The summed E-state index contributed by atoms with van der Waals surface area (Å²) in [6, 6.07) is 7.24. The van der Waals surface area contributed by atoms with E-state index in [2.05, 4.69) is 20.0 Å². The highest BCUT2D eigenvalue weighted by molar-refractivity contribution is 5.95. The molecule has 0 bridgehead atoms. The maximum atomic E-state index is 13.1. The van der Waals surface area contributed by atoms with Crippen LogP contribution in [0.25, 0.3) is 11.4 Å². The number of methoxy groups -OCH3 is 3. The SMILES string of the molecule is COc1cc(C(=O)N2CCN(c3ccc(-c4noc(C(C)C)n4)cn3)CC2)cc(OC)c1OC. The van der Waals surface area contributed by atoms with Gasteiger partial charge in [-0.1, -0.05) is 19.0 Å². The van der Waals surface area contributed by atoms with Crippen molar-refractivity contribution in [3.05, 3.63) is 41.9 Å². The molecule has 1 aliphatic rings. The minimum Gasteiger partial charge on any atom is -0.493 e. The van der Waals surface area contributed by atoms with E-state index in [-0.39, 0.29) is 11.8 Å². The first-order valence-corrected chi connectivity index (χ1v) is 11.1.